The predicted molar refractivity (Wildman–Crippen MR) is 98.9 cm³/mol. The molecule has 136 valence electrons. The molecule has 1 aromatic rings. The molecule has 1 aliphatic carbocycles. The lowest BCUT2D eigenvalue weighted by molar-refractivity contribution is 0.0747. The van der Waals surface area contributed by atoms with Gasteiger partial charge in [0.05, 0.1) is 11.7 Å². The van der Waals surface area contributed by atoms with Crippen LogP contribution in [0.1, 0.15) is 55.3 Å². The molecule has 1 amide bonds. The van der Waals surface area contributed by atoms with E-state index >= 15 is 0 Å². The van der Waals surface area contributed by atoms with E-state index in [0.717, 1.165) is 75.0 Å². The molecule has 1 N–H and O–H groups in total. The average Bonchev–Trinajstić information content (AvgIpc) is 3.01. The summed E-state index contributed by atoms with van der Waals surface area (Å²) < 4.78 is 6.25. The summed E-state index contributed by atoms with van der Waals surface area (Å²) in [5.74, 6) is 2.42. The van der Waals surface area contributed by atoms with Gasteiger partial charge in [-0.15, -0.1) is 0 Å². The van der Waals surface area contributed by atoms with Crippen LogP contribution in [0.5, 0.6) is 5.75 Å². The summed E-state index contributed by atoms with van der Waals surface area (Å²) in [6, 6.07) is 7.84. The number of carbonyl (C=O) groups is 1. The maximum Gasteiger partial charge on any atom is 0.257 e. The second-order valence-electron chi connectivity index (χ2n) is 7.92. The van der Waals surface area contributed by atoms with Crippen molar-refractivity contribution in [2.75, 3.05) is 26.2 Å². The number of rotatable bonds is 3. The van der Waals surface area contributed by atoms with Crippen molar-refractivity contribution in [2.45, 2.75) is 51.0 Å². The minimum absolute atomic E-state index is 0.152. The van der Waals surface area contributed by atoms with Gasteiger partial charge in [-0.1, -0.05) is 18.6 Å². The summed E-state index contributed by atoms with van der Waals surface area (Å²) in [6.45, 7) is 3.99. The van der Waals surface area contributed by atoms with Gasteiger partial charge < -0.3 is 15.0 Å². The highest BCUT2D eigenvalue weighted by Gasteiger charge is 2.32. The summed E-state index contributed by atoms with van der Waals surface area (Å²) in [5, 5.41) is 3.50. The standard InChI is InChI=1S/C21H30N2O2/c24-21(23-12-10-16-14-22-15-17(16)11-13-23)19-8-4-5-9-20(19)25-18-6-2-1-3-7-18/h4-5,8-9,16-18,22H,1-3,6-7,10-15H2/t16-,17+. The minimum Gasteiger partial charge on any atom is -0.490 e. The SMILES string of the molecule is O=C(c1ccccc1OC1CCCCC1)N1CC[C@@H]2CNC[C@@H]2CC1. The molecule has 0 aromatic heterocycles. The van der Waals surface area contributed by atoms with Gasteiger partial charge in [-0.2, -0.15) is 0 Å². The Labute approximate surface area is 150 Å². The fourth-order valence-electron chi connectivity index (χ4n) is 4.70. The van der Waals surface area contributed by atoms with Crippen molar-refractivity contribution in [2.24, 2.45) is 11.8 Å². The number of ether oxygens (including phenoxy) is 1. The zero-order chi connectivity index (χ0) is 17.1. The third-order valence-electron chi connectivity index (χ3n) is 6.27. The molecule has 4 rings (SSSR count). The first-order valence-electron chi connectivity index (χ1n) is 10.1. The molecular weight excluding hydrogens is 312 g/mol. The molecule has 4 nitrogen and oxygen atoms in total. The first-order valence-corrected chi connectivity index (χ1v) is 10.1. The lowest BCUT2D eigenvalue weighted by atomic mass is 9.92. The van der Waals surface area contributed by atoms with Crippen molar-refractivity contribution in [3.8, 4) is 5.75 Å². The number of carbonyl (C=O) groups excluding carboxylic acids is 1. The highest BCUT2D eigenvalue weighted by Crippen LogP contribution is 2.30. The van der Waals surface area contributed by atoms with Crippen LogP contribution in [-0.4, -0.2) is 43.1 Å². The summed E-state index contributed by atoms with van der Waals surface area (Å²) in [7, 11) is 0. The van der Waals surface area contributed by atoms with Crippen LogP contribution >= 0.6 is 0 Å². The fraction of sp³-hybridized carbons (Fsp3) is 0.667. The maximum absolute atomic E-state index is 13.2. The highest BCUT2D eigenvalue weighted by atomic mass is 16.5. The van der Waals surface area contributed by atoms with E-state index in [-0.39, 0.29) is 12.0 Å². The molecule has 2 aliphatic heterocycles. The molecule has 1 saturated carbocycles. The Hall–Kier alpha value is -1.55. The van der Waals surface area contributed by atoms with Crippen LogP contribution in [0.4, 0.5) is 0 Å². The maximum atomic E-state index is 13.2. The molecule has 3 fully saturated rings. The number of hydrogen-bond acceptors (Lipinski definition) is 3. The van der Waals surface area contributed by atoms with Gasteiger partial charge in [-0.05, 0) is 75.6 Å². The first-order chi connectivity index (χ1) is 12.3. The van der Waals surface area contributed by atoms with Crippen LogP contribution in [0, 0.1) is 11.8 Å². The molecule has 4 heteroatoms. The number of fused-ring (bicyclic) bond motifs is 1. The van der Waals surface area contributed by atoms with E-state index in [1.807, 2.05) is 24.3 Å². The number of hydrogen-bond donors (Lipinski definition) is 1. The Kier molecular flexibility index (Phi) is 5.25. The molecule has 3 aliphatic rings. The van der Waals surface area contributed by atoms with E-state index in [4.69, 9.17) is 4.74 Å². The van der Waals surface area contributed by atoms with Crippen molar-refractivity contribution < 1.29 is 9.53 Å². The number of nitrogens with one attached hydrogen (secondary N) is 1. The van der Waals surface area contributed by atoms with Crippen molar-refractivity contribution in [3.05, 3.63) is 29.8 Å². The third-order valence-corrected chi connectivity index (χ3v) is 6.27. The molecule has 0 unspecified atom stereocenters. The molecule has 0 spiro atoms. The predicted octanol–water partition coefficient (Wildman–Crippen LogP) is 3.47. The van der Waals surface area contributed by atoms with Crippen molar-refractivity contribution in [1.29, 1.82) is 0 Å². The molecule has 0 radical (unpaired) electrons. The van der Waals surface area contributed by atoms with Crippen LogP contribution in [0.3, 0.4) is 0 Å². The van der Waals surface area contributed by atoms with Crippen molar-refractivity contribution >= 4 is 5.91 Å². The van der Waals surface area contributed by atoms with Gasteiger partial charge in [0, 0.05) is 13.1 Å². The highest BCUT2D eigenvalue weighted by molar-refractivity contribution is 5.97. The molecule has 2 atom stereocenters. The number of para-hydroxylation sites is 1. The molecule has 1 aromatic carbocycles. The topological polar surface area (TPSA) is 41.6 Å². The number of nitrogens with zero attached hydrogens (tertiary/aromatic N) is 1. The van der Waals surface area contributed by atoms with Gasteiger partial charge in [0.1, 0.15) is 5.75 Å². The largest absolute Gasteiger partial charge is 0.490 e. The summed E-state index contributed by atoms with van der Waals surface area (Å²) in [6.07, 6.45) is 8.53. The third kappa shape index (κ3) is 3.84. The van der Waals surface area contributed by atoms with E-state index in [2.05, 4.69) is 10.2 Å². The van der Waals surface area contributed by atoms with Gasteiger partial charge in [0.2, 0.25) is 0 Å². The van der Waals surface area contributed by atoms with E-state index in [1.54, 1.807) is 0 Å². The van der Waals surface area contributed by atoms with Crippen LogP contribution in [-0.2, 0) is 0 Å². The Morgan fingerprint density at radius 1 is 0.960 bits per heavy atom. The van der Waals surface area contributed by atoms with Gasteiger partial charge in [0.25, 0.3) is 5.91 Å². The summed E-state index contributed by atoms with van der Waals surface area (Å²) in [5.41, 5.74) is 0.748. The second-order valence-corrected chi connectivity index (χ2v) is 7.92. The van der Waals surface area contributed by atoms with Crippen LogP contribution in [0.2, 0.25) is 0 Å². The molecule has 25 heavy (non-hydrogen) atoms. The monoisotopic (exact) mass is 342 g/mol. The van der Waals surface area contributed by atoms with E-state index < -0.39 is 0 Å². The van der Waals surface area contributed by atoms with E-state index in [9.17, 15) is 4.79 Å². The van der Waals surface area contributed by atoms with Gasteiger partial charge in [-0.3, -0.25) is 4.79 Å². The van der Waals surface area contributed by atoms with Gasteiger partial charge >= 0.3 is 0 Å². The van der Waals surface area contributed by atoms with Crippen molar-refractivity contribution in [1.82, 2.24) is 10.2 Å². The second kappa shape index (κ2) is 7.77. The first kappa shape index (κ1) is 16.9. The van der Waals surface area contributed by atoms with Crippen LogP contribution in [0.15, 0.2) is 24.3 Å². The number of likely N-dealkylation sites (tertiary alicyclic amines) is 1. The van der Waals surface area contributed by atoms with E-state index in [0.29, 0.717) is 0 Å². The van der Waals surface area contributed by atoms with Gasteiger partial charge in [-0.25, -0.2) is 0 Å². The minimum atomic E-state index is 0.152. The smallest absolute Gasteiger partial charge is 0.257 e. The Bertz CT molecular complexity index is 583. The van der Waals surface area contributed by atoms with Crippen LogP contribution < -0.4 is 10.1 Å². The van der Waals surface area contributed by atoms with Gasteiger partial charge in [0.15, 0.2) is 0 Å². The Balaban J connectivity index is 1.46. The normalized spacial score (nSPS) is 27.6. The molecule has 2 heterocycles. The summed E-state index contributed by atoms with van der Waals surface area (Å²) in [4.78, 5) is 15.2. The zero-order valence-corrected chi connectivity index (χ0v) is 15.1. The fourth-order valence-corrected chi connectivity index (χ4v) is 4.70. The average molecular weight is 342 g/mol. The van der Waals surface area contributed by atoms with Crippen molar-refractivity contribution in [3.63, 3.8) is 0 Å². The Morgan fingerprint density at radius 3 is 2.36 bits per heavy atom. The van der Waals surface area contributed by atoms with Crippen LogP contribution in [0.25, 0.3) is 0 Å². The number of benzene rings is 1. The number of amides is 1. The lowest BCUT2D eigenvalue weighted by Gasteiger charge is -2.26. The zero-order valence-electron chi connectivity index (χ0n) is 15.1. The lowest BCUT2D eigenvalue weighted by Crippen LogP contribution is -2.33. The molecule has 2 saturated heterocycles. The van der Waals surface area contributed by atoms with E-state index in [1.165, 1.54) is 19.3 Å². The Morgan fingerprint density at radius 2 is 1.64 bits per heavy atom. The quantitative estimate of drug-likeness (QED) is 0.914. The molecular formula is C21H30N2O2. The molecule has 0 bridgehead atoms. The summed E-state index contributed by atoms with van der Waals surface area (Å²) >= 11 is 0.